The first-order chi connectivity index (χ1) is 10.2. The van der Waals surface area contributed by atoms with E-state index in [1.165, 1.54) is 0 Å². The Morgan fingerprint density at radius 3 is 2.52 bits per heavy atom. The van der Waals surface area contributed by atoms with Crippen molar-refractivity contribution >= 4 is 11.8 Å². The van der Waals surface area contributed by atoms with Crippen molar-refractivity contribution in [2.75, 3.05) is 26.2 Å². The zero-order chi connectivity index (χ0) is 15.1. The van der Waals surface area contributed by atoms with Crippen LogP contribution in [-0.2, 0) is 9.59 Å². The van der Waals surface area contributed by atoms with E-state index in [0.717, 1.165) is 25.9 Å². The number of carbonyl (C=O) groups excluding carboxylic acids is 2. The number of nitrogens with zero attached hydrogens (tertiary/aromatic N) is 2. The van der Waals surface area contributed by atoms with Gasteiger partial charge in [-0.1, -0.05) is 0 Å². The lowest BCUT2D eigenvalue weighted by molar-refractivity contribution is -0.132. The minimum atomic E-state index is -0.341. The standard InChI is InChI=1S/C15H17N3O3/c16-9-12-3-5-13(6-4-12)21-11-14(19)17-10-15(20)18-7-1-2-8-18/h3-6H,1-2,7-8,10-11H2,(H,17,19). The third-order valence-electron chi connectivity index (χ3n) is 3.25. The number of amides is 2. The second-order valence-corrected chi connectivity index (χ2v) is 4.79. The maximum atomic E-state index is 11.7. The SMILES string of the molecule is N#Cc1ccc(OCC(=O)NCC(=O)N2CCCC2)cc1. The molecule has 0 atom stereocenters. The van der Waals surface area contributed by atoms with Crippen molar-refractivity contribution < 1.29 is 14.3 Å². The fourth-order valence-electron chi connectivity index (χ4n) is 2.08. The van der Waals surface area contributed by atoms with Gasteiger partial charge in [0.05, 0.1) is 18.2 Å². The quantitative estimate of drug-likeness (QED) is 0.863. The van der Waals surface area contributed by atoms with Crippen LogP contribution in [0, 0.1) is 11.3 Å². The molecule has 6 heteroatoms. The van der Waals surface area contributed by atoms with Crippen LogP contribution in [0.4, 0.5) is 0 Å². The van der Waals surface area contributed by atoms with Gasteiger partial charge < -0.3 is 15.0 Å². The molecular formula is C15H17N3O3. The first-order valence-corrected chi connectivity index (χ1v) is 6.86. The van der Waals surface area contributed by atoms with Gasteiger partial charge in [0.25, 0.3) is 5.91 Å². The summed E-state index contributed by atoms with van der Waals surface area (Å²) in [6, 6.07) is 8.48. The van der Waals surface area contributed by atoms with Crippen LogP contribution in [0.25, 0.3) is 0 Å². The van der Waals surface area contributed by atoms with Crippen molar-refractivity contribution in [3.63, 3.8) is 0 Å². The number of likely N-dealkylation sites (tertiary alicyclic amines) is 1. The van der Waals surface area contributed by atoms with Crippen molar-refractivity contribution in [3.8, 4) is 11.8 Å². The third-order valence-corrected chi connectivity index (χ3v) is 3.25. The number of nitriles is 1. The Bertz CT molecular complexity index is 542. The van der Waals surface area contributed by atoms with Crippen LogP contribution in [-0.4, -0.2) is 43.0 Å². The van der Waals surface area contributed by atoms with Crippen LogP contribution in [0.5, 0.6) is 5.75 Å². The molecular weight excluding hydrogens is 270 g/mol. The van der Waals surface area contributed by atoms with Crippen LogP contribution in [0.1, 0.15) is 18.4 Å². The van der Waals surface area contributed by atoms with Crippen molar-refractivity contribution in [2.45, 2.75) is 12.8 Å². The van der Waals surface area contributed by atoms with Gasteiger partial charge in [0, 0.05) is 13.1 Å². The van der Waals surface area contributed by atoms with Gasteiger partial charge in [-0.2, -0.15) is 5.26 Å². The number of benzene rings is 1. The summed E-state index contributed by atoms with van der Waals surface area (Å²) < 4.78 is 5.28. The normalized spacial score (nSPS) is 13.6. The molecule has 0 spiro atoms. The van der Waals surface area contributed by atoms with Crippen molar-refractivity contribution in [1.82, 2.24) is 10.2 Å². The molecule has 110 valence electrons. The molecule has 2 amide bonds. The monoisotopic (exact) mass is 287 g/mol. The lowest BCUT2D eigenvalue weighted by Crippen LogP contribution is -2.40. The topological polar surface area (TPSA) is 82.4 Å². The summed E-state index contributed by atoms with van der Waals surface area (Å²) in [6.07, 6.45) is 2.06. The number of carbonyl (C=O) groups is 2. The molecule has 1 saturated heterocycles. The molecule has 0 radical (unpaired) electrons. The highest BCUT2D eigenvalue weighted by Crippen LogP contribution is 2.11. The van der Waals surface area contributed by atoms with E-state index in [9.17, 15) is 9.59 Å². The summed E-state index contributed by atoms with van der Waals surface area (Å²) >= 11 is 0. The Labute approximate surface area is 123 Å². The molecule has 0 saturated carbocycles. The van der Waals surface area contributed by atoms with Crippen molar-refractivity contribution in [1.29, 1.82) is 5.26 Å². The molecule has 2 rings (SSSR count). The highest BCUT2D eigenvalue weighted by molar-refractivity contribution is 5.85. The predicted octanol–water partition coefficient (Wildman–Crippen LogP) is 0.676. The zero-order valence-corrected chi connectivity index (χ0v) is 11.7. The predicted molar refractivity (Wildman–Crippen MR) is 75.5 cm³/mol. The van der Waals surface area contributed by atoms with Gasteiger partial charge in [0.1, 0.15) is 5.75 Å². The van der Waals surface area contributed by atoms with E-state index in [1.54, 1.807) is 29.2 Å². The number of nitrogens with one attached hydrogen (secondary N) is 1. The molecule has 6 nitrogen and oxygen atoms in total. The van der Waals surface area contributed by atoms with Gasteiger partial charge >= 0.3 is 0 Å². The second kappa shape index (κ2) is 7.29. The Morgan fingerprint density at radius 1 is 1.24 bits per heavy atom. The summed E-state index contributed by atoms with van der Waals surface area (Å²) in [5.74, 6) is 0.112. The highest BCUT2D eigenvalue weighted by Gasteiger charge is 2.18. The third kappa shape index (κ3) is 4.49. The fourth-order valence-corrected chi connectivity index (χ4v) is 2.08. The van der Waals surface area contributed by atoms with Crippen LogP contribution in [0.2, 0.25) is 0 Å². The Hall–Kier alpha value is -2.55. The van der Waals surface area contributed by atoms with E-state index in [1.807, 2.05) is 6.07 Å². The number of rotatable bonds is 5. The lowest BCUT2D eigenvalue weighted by Gasteiger charge is -2.15. The minimum Gasteiger partial charge on any atom is -0.484 e. The Balaban J connectivity index is 1.69. The second-order valence-electron chi connectivity index (χ2n) is 4.79. The summed E-state index contributed by atoms with van der Waals surface area (Å²) in [6.45, 7) is 1.40. The van der Waals surface area contributed by atoms with Gasteiger partial charge in [-0.05, 0) is 37.1 Å². The molecule has 21 heavy (non-hydrogen) atoms. The van der Waals surface area contributed by atoms with Gasteiger partial charge in [0.2, 0.25) is 5.91 Å². The smallest absolute Gasteiger partial charge is 0.258 e. The van der Waals surface area contributed by atoms with Crippen molar-refractivity contribution in [2.24, 2.45) is 0 Å². The molecule has 1 aromatic carbocycles. The highest BCUT2D eigenvalue weighted by atomic mass is 16.5. The molecule has 0 aromatic heterocycles. The molecule has 1 heterocycles. The van der Waals surface area contributed by atoms with E-state index in [2.05, 4.69) is 5.32 Å². The van der Waals surface area contributed by atoms with E-state index < -0.39 is 0 Å². The van der Waals surface area contributed by atoms with Crippen LogP contribution in [0.15, 0.2) is 24.3 Å². The molecule has 1 N–H and O–H groups in total. The minimum absolute atomic E-state index is 0.00949. The maximum Gasteiger partial charge on any atom is 0.258 e. The number of ether oxygens (including phenoxy) is 1. The molecule has 1 aliphatic heterocycles. The first kappa shape index (κ1) is 14.9. The zero-order valence-electron chi connectivity index (χ0n) is 11.7. The molecule has 0 aliphatic carbocycles. The average molecular weight is 287 g/mol. The number of hydrogen-bond donors (Lipinski definition) is 1. The molecule has 0 unspecified atom stereocenters. The molecule has 1 aromatic rings. The van der Waals surface area contributed by atoms with Gasteiger partial charge in [0.15, 0.2) is 6.61 Å². The van der Waals surface area contributed by atoms with Crippen LogP contribution in [0.3, 0.4) is 0 Å². The Morgan fingerprint density at radius 2 is 1.90 bits per heavy atom. The summed E-state index contributed by atoms with van der Waals surface area (Å²) in [5.41, 5.74) is 0.531. The lowest BCUT2D eigenvalue weighted by atomic mass is 10.2. The molecule has 0 bridgehead atoms. The first-order valence-electron chi connectivity index (χ1n) is 6.86. The largest absolute Gasteiger partial charge is 0.484 e. The van der Waals surface area contributed by atoms with E-state index in [4.69, 9.17) is 10.00 Å². The Kier molecular flexibility index (Phi) is 5.16. The number of hydrogen-bond acceptors (Lipinski definition) is 4. The average Bonchev–Trinajstić information content (AvgIpc) is 3.05. The van der Waals surface area contributed by atoms with Crippen molar-refractivity contribution in [3.05, 3.63) is 29.8 Å². The molecule has 1 aliphatic rings. The van der Waals surface area contributed by atoms with Crippen LogP contribution < -0.4 is 10.1 Å². The van der Waals surface area contributed by atoms with E-state index in [0.29, 0.717) is 11.3 Å². The van der Waals surface area contributed by atoms with Gasteiger partial charge in [-0.3, -0.25) is 9.59 Å². The van der Waals surface area contributed by atoms with Gasteiger partial charge in [-0.15, -0.1) is 0 Å². The van der Waals surface area contributed by atoms with Gasteiger partial charge in [-0.25, -0.2) is 0 Å². The molecule has 1 fully saturated rings. The fraction of sp³-hybridized carbons (Fsp3) is 0.400. The maximum absolute atomic E-state index is 11.7. The summed E-state index contributed by atoms with van der Waals surface area (Å²) in [4.78, 5) is 25.1. The van der Waals surface area contributed by atoms with E-state index >= 15 is 0 Å². The summed E-state index contributed by atoms with van der Waals surface area (Å²) in [5, 5.41) is 11.2. The summed E-state index contributed by atoms with van der Waals surface area (Å²) in [7, 11) is 0. The van der Waals surface area contributed by atoms with E-state index in [-0.39, 0.29) is 25.0 Å². The van der Waals surface area contributed by atoms with Crippen LogP contribution >= 0.6 is 0 Å².